The summed E-state index contributed by atoms with van der Waals surface area (Å²) >= 11 is 0. The zero-order valence-electron chi connectivity index (χ0n) is 11.9. The molecule has 98 valence electrons. The quantitative estimate of drug-likeness (QED) is 0.579. The molecule has 0 heterocycles. The minimum Gasteiger partial charge on any atom is -0.383 e. The maximum atomic E-state index is 5.05. The average molecular weight is 229 g/mol. The van der Waals surface area contributed by atoms with Crippen molar-refractivity contribution in [3.8, 4) is 0 Å². The largest absolute Gasteiger partial charge is 0.383 e. The highest BCUT2D eigenvalue weighted by Gasteiger charge is 2.24. The van der Waals surface area contributed by atoms with Crippen LogP contribution in [0.4, 0.5) is 0 Å². The van der Waals surface area contributed by atoms with E-state index in [2.05, 4.69) is 33.0 Å². The van der Waals surface area contributed by atoms with Crippen molar-refractivity contribution in [3.05, 3.63) is 0 Å². The maximum absolute atomic E-state index is 5.05. The fourth-order valence-electron chi connectivity index (χ4n) is 2.18. The molecule has 0 amide bonds. The van der Waals surface area contributed by atoms with Crippen molar-refractivity contribution >= 4 is 0 Å². The molecule has 0 bridgehead atoms. The third-order valence-electron chi connectivity index (χ3n) is 3.82. The fourth-order valence-corrected chi connectivity index (χ4v) is 2.18. The molecular formula is C14H31NO. The van der Waals surface area contributed by atoms with Crippen molar-refractivity contribution in [3.63, 3.8) is 0 Å². The first kappa shape index (κ1) is 15.9. The van der Waals surface area contributed by atoms with E-state index in [1.807, 2.05) is 0 Å². The van der Waals surface area contributed by atoms with Gasteiger partial charge in [-0.25, -0.2) is 0 Å². The van der Waals surface area contributed by atoms with Gasteiger partial charge in [0.25, 0.3) is 0 Å². The van der Waals surface area contributed by atoms with Gasteiger partial charge in [0.2, 0.25) is 0 Å². The maximum Gasteiger partial charge on any atom is 0.0587 e. The van der Waals surface area contributed by atoms with Crippen LogP contribution in [0.3, 0.4) is 0 Å². The Balaban J connectivity index is 3.98. The summed E-state index contributed by atoms with van der Waals surface area (Å²) < 4.78 is 5.05. The van der Waals surface area contributed by atoms with E-state index in [-0.39, 0.29) is 0 Å². The number of nitrogens with one attached hydrogen (secondary N) is 1. The lowest BCUT2D eigenvalue weighted by Crippen LogP contribution is -2.34. The molecule has 0 fully saturated rings. The van der Waals surface area contributed by atoms with E-state index in [9.17, 15) is 0 Å². The molecule has 1 atom stereocenters. The van der Waals surface area contributed by atoms with Gasteiger partial charge in [0.15, 0.2) is 0 Å². The van der Waals surface area contributed by atoms with Crippen LogP contribution in [0.15, 0.2) is 0 Å². The number of ether oxygens (including phenoxy) is 1. The monoisotopic (exact) mass is 229 g/mol. The highest BCUT2D eigenvalue weighted by atomic mass is 16.5. The summed E-state index contributed by atoms with van der Waals surface area (Å²) in [6.07, 6.45) is 5.22. The van der Waals surface area contributed by atoms with Gasteiger partial charge in [0.1, 0.15) is 0 Å². The molecule has 0 rings (SSSR count). The van der Waals surface area contributed by atoms with Crippen LogP contribution in [0.2, 0.25) is 0 Å². The van der Waals surface area contributed by atoms with E-state index in [0.29, 0.717) is 5.41 Å². The number of rotatable bonds is 10. The first-order valence-corrected chi connectivity index (χ1v) is 6.81. The van der Waals surface area contributed by atoms with Gasteiger partial charge in [0.05, 0.1) is 6.61 Å². The molecule has 0 aromatic carbocycles. The van der Waals surface area contributed by atoms with Crippen LogP contribution in [0.5, 0.6) is 0 Å². The van der Waals surface area contributed by atoms with Gasteiger partial charge in [-0.3, -0.25) is 0 Å². The van der Waals surface area contributed by atoms with Crippen LogP contribution in [0.25, 0.3) is 0 Å². The van der Waals surface area contributed by atoms with Crippen molar-refractivity contribution < 1.29 is 4.74 Å². The molecule has 0 aliphatic rings. The van der Waals surface area contributed by atoms with Crippen molar-refractivity contribution in [1.29, 1.82) is 0 Å². The van der Waals surface area contributed by atoms with Crippen LogP contribution < -0.4 is 5.32 Å². The second kappa shape index (κ2) is 9.00. The molecular weight excluding hydrogens is 198 g/mol. The smallest absolute Gasteiger partial charge is 0.0587 e. The second-order valence-electron chi connectivity index (χ2n) is 5.22. The lowest BCUT2D eigenvalue weighted by Gasteiger charge is -2.32. The summed E-state index contributed by atoms with van der Waals surface area (Å²) in [4.78, 5) is 0. The van der Waals surface area contributed by atoms with Crippen molar-refractivity contribution in [2.75, 3.05) is 26.8 Å². The molecule has 0 spiro atoms. The average Bonchev–Trinajstić information content (AvgIpc) is 2.32. The van der Waals surface area contributed by atoms with Crippen LogP contribution in [-0.2, 0) is 4.74 Å². The van der Waals surface area contributed by atoms with E-state index in [4.69, 9.17) is 4.74 Å². The Morgan fingerprint density at radius 3 is 2.25 bits per heavy atom. The Hall–Kier alpha value is -0.0800. The van der Waals surface area contributed by atoms with Crippen LogP contribution in [0.1, 0.15) is 53.4 Å². The molecule has 0 saturated heterocycles. The van der Waals surface area contributed by atoms with Crippen LogP contribution in [0, 0.1) is 11.3 Å². The van der Waals surface area contributed by atoms with Crippen molar-refractivity contribution in [1.82, 2.24) is 5.32 Å². The summed E-state index contributed by atoms with van der Waals surface area (Å²) in [7, 11) is 1.75. The van der Waals surface area contributed by atoms with E-state index < -0.39 is 0 Å². The second-order valence-corrected chi connectivity index (χ2v) is 5.22. The van der Waals surface area contributed by atoms with Gasteiger partial charge in [-0.05, 0) is 24.2 Å². The number of methoxy groups -OCH3 is 1. The SMILES string of the molecule is CCC(CC)CC(C)(CC)CNCCOC. The number of hydrogen-bond donors (Lipinski definition) is 1. The molecule has 2 heteroatoms. The zero-order chi connectivity index (χ0) is 12.4. The Morgan fingerprint density at radius 1 is 1.19 bits per heavy atom. The van der Waals surface area contributed by atoms with Gasteiger partial charge in [-0.1, -0.05) is 40.5 Å². The standard InChI is InChI=1S/C14H31NO/c1-6-13(7-2)11-14(4,8-3)12-15-9-10-16-5/h13,15H,6-12H2,1-5H3. The summed E-state index contributed by atoms with van der Waals surface area (Å²) in [6, 6.07) is 0. The van der Waals surface area contributed by atoms with E-state index >= 15 is 0 Å². The van der Waals surface area contributed by atoms with Crippen molar-refractivity contribution in [2.24, 2.45) is 11.3 Å². The Kier molecular flexibility index (Phi) is 8.96. The van der Waals surface area contributed by atoms with E-state index in [1.54, 1.807) is 7.11 Å². The zero-order valence-corrected chi connectivity index (χ0v) is 11.9. The predicted octanol–water partition coefficient (Wildman–Crippen LogP) is 3.47. The van der Waals surface area contributed by atoms with Gasteiger partial charge in [-0.15, -0.1) is 0 Å². The van der Waals surface area contributed by atoms with Crippen molar-refractivity contribution in [2.45, 2.75) is 53.4 Å². The molecule has 2 nitrogen and oxygen atoms in total. The summed E-state index contributed by atoms with van der Waals surface area (Å²) in [5.41, 5.74) is 0.449. The molecule has 0 saturated carbocycles. The lowest BCUT2D eigenvalue weighted by molar-refractivity contribution is 0.179. The molecule has 0 radical (unpaired) electrons. The lowest BCUT2D eigenvalue weighted by atomic mass is 9.77. The fraction of sp³-hybridized carbons (Fsp3) is 1.00. The minimum absolute atomic E-state index is 0.449. The van der Waals surface area contributed by atoms with Gasteiger partial charge in [-0.2, -0.15) is 0 Å². The van der Waals surface area contributed by atoms with E-state index in [1.165, 1.54) is 25.7 Å². The van der Waals surface area contributed by atoms with Gasteiger partial charge in [0, 0.05) is 20.2 Å². The highest BCUT2D eigenvalue weighted by Crippen LogP contribution is 2.31. The van der Waals surface area contributed by atoms with Gasteiger partial charge < -0.3 is 10.1 Å². The molecule has 1 N–H and O–H groups in total. The third-order valence-corrected chi connectivity index (χ3v) is 3.82. The molecule has 0 aromatic heterocycles. The first-order chi connectivity index (χ1) is 7.61. The molecule has 0 aliphatic heterocycles. The number of hydrogen-bond acceptors (Lipinski definition) is 2. The van der Waals surface area contributed by atoms with Crippen LogP contribution in [-0.4, -0.2) is 26.8 Å². The molecule has 0 aromatic rings. The normalized spacial score (nSPS) is 15.4. The molecule has 16 heavy (non-hydrogen) atoms. The Bertz CT molecular complexity index is 157. The van der Waals surface area contributed by atoms with Gasteiger partial charge >= 0.3 is 0 Å². The first-order valence-electron chi connectivity index (χ1n) is 6.81. The molecule has 1 unspecified atom stereocenters. The Labute approximate surface area is 102 Å². The van der Waals surface area contributed by atoms with E-state index in [0.717, 1.165) is 25.6 Å². The van der Waals surface area contributed by atoms with Crippen LogP contribution >= 0.6 is 0 Å². The summed E-state index contributed by atoms with van der Waals surface area (Å²) in [5.74, 6) is 0.883. The Morgan fingerprint density at radius 2 is 1.81 bits per heavy atom. The summed E-state index contributed by atoms with van der Waals surface area (Å²) in [6.45, 7) is 12.2. The third kappa shape index (κ3) is 6.49. The topological polar surface area (TPSA) is 21.3 Å². The summed E-state index contributed by atoms with van der Waals surface area (Å²) in [5, 5.41) is 3.51. The predicted molar refractivity (Wildman–Crippen MR) is 71.8 cm³/mol. The minimum atomic E-state index is 0.449. The molecule has 0 aliphatic carbocycles. The highest BCUT2D eigenvalue weighted by molar-refractivity contribution is 4.78.